The van der Waals surface area contributed by atoms with Crippen molar-refractivity contribution >= 4 is 5.91 Å². The van der Waals surface area contributed by atoms with Gasteiger partial charge in [-0.1, -0.05) is 20.8 Å². The summed E-state index contributed by atoms with van der Waals surface area (Å²) in [6, 6.07) is 0. The van der Waals surface area contributed by atoms with E-state index in [1.165, 1.54) is 0 Å². The Morgan fingerprint density at radius 3 is 2.00 bits per heavy atom. The molecule has 0 aromatic carbocycles. The summed E-state index contributed by atoms with van der Waals surface area (Å²) in [6.45, 7) is 12.4. The van der Waals surface area contributed by atoms with Crippen LogP contribution in [0.3, 0.4) is 0 Å². The van der Waals surface area contributed by atoms with Gasteiger partial charge in [-0.05, 0) is 32.1 Å². The van der Waals surface area contributed by atoms with Crippen molar-refractivity contribution in [2.24, 2.45) is 5.41 Å². The molecular formula is C12H25NO. The molecular weight excluding hydrogens is 174 g/mol. The van der Waals surface area contributed by atoms with Crippen LogP contribution >= 0.6 is 0 Å². The van der Waals surface area contributed by atoms with Crippen LogP contribution < -0.4 is 0 Å². The molecule has 0 heterocycles. The van der Waals surface area contributed by atoms with Gasteiger partial charge in [0.1, 0.15) is 0 Å². The number of hydrogen-bond acceptors (Lipinski definition) is 1. The smallest absolute Gasteiger partial charge is 0.222 e. The number of hydrogen-bond donors (Lipinski definition) is 0. The Morgan fingerprint density at radius 2 is 1.64 bits per heavy atom. The van der Waals surface area contributed by atoms with Crippen LogP contribution in [0.2, 0.25) is 0 Å². The molecule has 0 spiro atoms. The van der Waals surface area contributed by atoms with Gasteiger partial charge in [0, 0.05) is 19.5 Å². The Kier molecular flexibility index (Phi) is 5.82. The van der Waals surface area contributed by atoms with Crippen molar-refractivity contribution in [3.05, 3.63) is 0 Å². The fraction of sp³-hybridized carbons (Fsp3) is 0.917. The molecule has 0 aliphatic heterocycles. The van der Waals surface area contributed by atoms with E-state index < -0.39 is 0 Å². The Morgan fingerprint density at radius 1 is 1.14 bits per heavy atom. The molecule has 0 aliphatic carbocycles. The highest BCUT2D eigenvalue weighted by atomic mass is 16.2. The molecule has 0 saturated carbocycles. The fourth-order valence-electron chi connectivity index (χ4n) is 1.50. The van der Waals surface area contributed by atoms with Crippen molar-refractivity contribution in [1.82, 2.24) is 4.90 Å². The monoisotopic (exact) mass is 199 g/mol. The van der Waals surface area contributed by atoms with Gasteiger partial charge in [0.05, 0.1) is 0 Å². The van der Waals surface area contributed by atoms with Crippen LogP contribution in [0.5, 0.6) is 0 Å². The van der Waals surface area contributed by atoms with E-state index in [4.69, 9.17) is 0 Å². The number of amides is 1. The van der Waals surface area contributed by atoms with Gasteiger partial charge in [0.2, 0.25) is 5.91 Å². The van der Waals surface area contributed by atoms with E-state index in [0.29, 0.717) is 17.7 Å². The van der Waals surface area contributed by atoms with Gasteiger partial charge in [0.25, 0.3) is 0 Å². The van der Waals surface area contributed by atoms with Crippen LogP contribution in [-0.2, 0) is 4.79 Å². The molecule has 0 unspecified atom stereocenters. The first kappa shape index (κ1) is 13.5. The SMILES string of the molecule is CCN(CC)C(=O)CCCC(C)(C)C. The number of carbonyl (C=O) groups is 1. The van der Waals surface area contributed by atoms with Gasteiger partial charge < -0.3 is 4.90 Å². The van der Waals surface area contributed by atoms with Crippen molar-refractivity contribution in [1.29, 1.82) is 0 Å². The summed E-state index contributed by atoms with van der Waals surface area (Å²) in [6.07, 6.45) is 2.85. The average molecular weight is 199 g/mol. The lowest BCUT2D eigenvalue weighted by atomic mass is 9.90. The molecule has 0 fully saturated rings. The summed E-state index contributed by atoms with van der Waals surface area (Å²) in [5.41, 5.74) is 0.351. The van der Waals surface area contributed by atoms with E-state index in [0.717, 1.165) is 25.9 Å². The predicted octanol–water partition coefficient (Wildman–Crippen LogP) is 3.07. The summed E-state index contributed by atoms with van der Waals surface area (Å²) < 4.78 is 0. The molecule has 0 atom stereocenters. The van der Waals surface area contributed by atoms with Gasteiger partial charge >= 0.3 is 0 Å². The Bertz CT molecular complexity index is 166. The first-order valence-electron chi connectivity index (χ1n) is 5.68. The van der Waals surface area contributed by atoms with Crippen LogP contribution in [-0.4, -0.2) is 23.9 Å². The molecule has 2 nitrogen and oxygen atoms in total. The highest BCUT2D eigenvalue weighted by Gasteiger charge is 2.13. The molecule has 0 aromatic rings. The van der Waals surface area contributed by atoms with E-state index in [1.807, 2.05) is 18.7 Å². The standard InChI is InChI=1S/C12H25NO/c1-6-13(7-2)11(14)9-8-10-12(3,4)5/h6-10H2,1-5H3. The fourth-order valence-corrected chi connectivity index (χ4v) is 1.50. The van der Waals surface area contributed by atoms with Crippen LogP contribution in [0.15, 0.2) is 0 Å². The van der Waals surface area contributed by atoms with E-state index >= 15 is 0 Å². The Labute approximate surface area is 88.7 Å². The topological polar surface area (TPSA) is 20.3 Å². The van der Waals surface area contributed by atoms with Gasteiger partial charge in [-0.3, -0.25) is 4.79 Å². The van der Waals surface area contributed by atoms with E-state index in [1.54, 1.807) is 0 Å². The lowest BCUT2D eigenvalue weighted by Crippen LogP contribution is -2.30. The van der Waals surface area contributed by atoms with Crippen molar-refractivity contribution in [2.75, 3.05) is 13.1 Å². The minimum absolute atomic E-state index is 0.305. The normalized spacial score (nSPS) is 11.5. The van der Waals surface area contributed by atoms with Crippen molar-refractivity contribution < 1.29 is 4.79 Å². The van der Waals surface area contributed by atoms with Gasteiger partial charge in [-0.2, -0.15) is 0 Å². The zero-order valence-corrected chi connectivity index (χ0v) is 10.4. The maximum absolute atomic E-state index is 11.6. The molecule has 0 bridgehead atoms. The van der Waals surface area contributed by atoms with E-state index in [9.17, 15) is 4.79 Å². The van der Waals surface area contributed by atoms with E-state index in [2.05, 4.69) is 20.8 Å². The minimum atomic E-state index is 0.305. The van der Waals surface area contributed by atoms with Gasteiger partial charge in [-0.25, -0.2) is 0 Å². The Hall–Kier alpha value is -0.530. The van der Waals surface area contributed by atoms with Gasteiger partial charge in [0.15, 0.2) is 0 Å². The lowest BCUT2D eigenvalue weighted by molar-refractivity contribution is -0.131. The zero-order chi connectivity index (χ0) is 11.2. The molecule has 0 radical (unpaired) electrons. The molecule has 0 aromatic heterocycles. The van der Waals surface area contributed by atoms with Gasteiger partial charge in [-0.15, -0.1) is 0 Å². The summed E-state index contributed by atoms with van der Waals surface area (Å²) in [5.74, 6) is 0.305. The highest BCUT2D eigenvalue weighted by Crippen LogP contribution is 2.21. The third-order valence-electron chi connectivity index (χ3n) is 2.43. The highest BCUT2D eigenvalue weighted by molar-refractivity contribution is 5.76. The number of nitrogens with zero attached hydrogens (tertiary/aromatic N) is 1. The zero-order valence-electron chi connectivity index (χ0n) is 10.4. The third kappa shape index (κ3) is 6.01. The quantitative estimate of drug-likeness (QED) is 0.666. The second-order valence-corrected chi connectivity index (χ2v) is 4.98. The molecule has 1 amide bonds. The lowest BCUT2D eigenvalue weighted by Gasteiger charge is -2.21. The van der Waals surface area contributed by atoms with Crippen LogP contribution in [0.4, 0.5) is 0 Å². The summed E-state index contributed by atoms with van der Waals surface area (Å²) in [4.78, 5) is 13.5. The number of rotatable bonds is 5. The van der Waals surface area contributed by atoms with E-state index in [-0.39, 0.29) is 0 Å². The summed E-state index contributed by atoms with van der Waals surface area (Å²) in [7, 11) is 0. The second-order valence-electron chi connectivity index (χ2n) is 4.98. The Balaban J connectivity index is 3.74. The molecule has 2 heteroatoms. The van der Waals surface area contributed by atoms with Crippen molar-refractivity contribution in [2.45, 2.75) is 53.9 Å². The molecule has 14 heavy (non-hydrogen) atoms. The first-order valence-corrected chi connectivity index (χ1v) is 5.68. The van der Waals surface area contributed by atoms with Crippen molar-refractivity contribution in [3.63, 3.8) is 0 Å². The van der Waals surface area contributed by atoms with Crippen LogP contribution in [0, 0.1) is 5.41 Å². The predicted molar refractivity (Wildman–Crippen MR) is 61.2 cm³/mol. The maximum atomic E-state index is 11.6. The van der Waals surface area contributed by atoms with Crippen LogP contribution in [0.1, 0.15) is 53.9 Å². The summed E-state index contributed by atoms with van der Waals surface area (Å²) >= 11 is 0. The maximum Gasteiger partial charge on any atom is 0.222 e. The second kappa shape index (κ2) is 6.05. The molecule has 0 rings (SSSR count). The molecule has 0 saturated heterocycles. The third-order valence-corrected chi connectivity index (χ3v) is 2.43. The minimum Gasteiger partial charge on any atom is -0.343 e. The number of carbonyl (C=O) groups excluding carboxylic acids is 1. The molecule has 0 N–H and O–H groups in total. The summed E-state index contributed by atoms with van der Waals surface area (Å²) in [5, 5.41) is 0. The average Bonchev–Trinajstić information content (AvgIpc) is 2.04. The first-order chi connectivity index (χ1) is 6.40. The molecule has 84 valence electrons. The van der Waals surface area contributed by atoms with Crippen LogP contribution in [0.25, 0.3) is 0 Å². The van der Waals surface area contributed by atoms with Crippen molar-refractivity contribution in [3.8, 4) is 0 Å². The largest absolute Gasteiger partial charge is 0.343 e. The molecule has 0 aliphatic rings.